The number of amides is 4. The highest BCUT2D eigenvalue weighted by atomic mass is 16.2. The smallest absolute Gasteiger partial charge is 0.325 e. The lowest BCUT2D eigenvalue weighted by molar-refractivity contribution is -0.135. The summed E-state index contributed by atoms with van der Waals surface area (Å²) in [5, 5.41) is 14.7. The van der Waals surface area contributed by atoms with Gasteiger partial charge in [0.1, 0.15) is 17.6 Å². The molecule has 7 nitrogen and oxygen atoms in total. The molecular weight excluding hydrogens is 284 g/mol. The summed E-state index contributed by atoms with van der Waals surface area (Å²) in [5.74, 6) is -0.615. The predicted octanol–water partition coefficient (Wildman–Crippen LogP) is 0.659. The molecular formula is C15H20N4O3. The highest BCUT2D eigenvalue weighted by Crippen LogP contribution is 2.39. The monoisotopic (exact) mass is 304 g/mol. The maximum absolute atomic E-state index is 12.5. The molecule has 2 saturated carbocycles. The predicted molar refractivity (Wildman–Crippen MR) is 76.3 cm³/mol. The summed E-state index contributed by atoms with van der Waals surface area (Å²) in [6.07, 6.45) is 4.90. The number of nitrogens with one attached hydrogen (secondary N) is 2. The van der Waals surface area contributed by atoms with Crippen LogP contribution in [0.25, 0.3) is 0 Å². The van der Waals surface area contributed by atoms with Gasteiger partial charge in [-0.05, 0) is 38.5 Å². The Balaban J connectivity index is 1.65. The molecule has 22 heavy (non-hydrogen) atoms. The lowest BCUT2D eigenvalue weighted by Crippen LogP contribution is -2.51. The fourth-order valence-corrected chi connectivity index (χ4v) is 3.49. The number of imide groups is 1. The first-order chi connectivity index (χ1) is 10.4. The highest BCUT2D eigenvalue weighted by Gasteiger charge is 2.53. The lowest BCUT2D eigenvalue weighted by atomic mass is 9.97. The van der Waals surface area contributed by atoms with Crippen LogP contribution in [0.4, 0.5) is 4.79 Å². The number of urea groups is 1. The van der Waals surface area contributed by atoms with Crippen LogP contribution in [-0.2, 0) is 9.59 Å². The fraction of sp³-hybridized carbons (Fsp3) is 0.733. The van der Waals surface area contributed by atoms with Crippen LogP contribution in [0.5, 0.6) is 0 Å². The van der Waals surface area contributed by atoms with Gasteiger partial charge < -0.3 is 10.6 Å². The van der Waals surface area contributed by atoms with Crippen LogP contribution in [0.1, 0.15) is 45.4 Å². The SMILES string of the molecule is C[C@](C#N)(NC(=O)CN1C(=O)NC2(CCCC2)C1=O)C1CC1. The third-order valence-electron chi connectivity index (χ3n) is 5.03. The number of hydrogen-bond acceptors (Lipinski definition) is 4. The van der Waals surface area contributed by atoms with Crippen LogP contribution in [-0.4, -0.2) is 40.4 Å². The second-order valence-corrected chi connectivity index (χ2v) is 6.75. The molecule has 0 bridgehead atoms. The van der Waals surface area contributed by atoms with Crippen molar-refractivity contribution in [3.63, 3.8) is 0 Å². The number of rotatable bonds is 4. The van der Waals surface area contributed by atoms with Crippen molar-refractivity contribution in [3.05, 3.63) is 0 Å². The summed E-state index contributed by atoms with van der Waals surface area (Å²) < 4.78 is 0. The van der Waals surface area contributed by atoms with E-state index in [-0.39, 0.29) is 18.4 Å². The van der Waals surface area contributed by atoms with E-state index in [1.54, 1.807) is 6.92 Å². The number of nitrogens with zero attached hydrogens (tertiary/aromatic N) is 2. The van der Waals surface area contributed by atoms with Gasteiger partial charge in [-0.2, -0.15) is 5.26 Å². The molecule has 1 atom stereocenters. The van der Waals surface area contributed by atoms with Gasteiger partial charge in [0.2, 0.25) is 5.91 Å². The standard InChI is InChI=1S/C15H20N4O3/c1-14(9-16,10-4-5-10)17-11(20)8-19-12(21)15(18-13(19)22)6-2-3-7-15/h10H,2-8H2,1H3,(H,17,20)(H,18,22)/t14-/m1/s1. The minimum absolute atomic E-state index is 0.158. The van der Waals surface area contributed by atoms with Crippen LogP contribution in [0, 0.1) is 17.2 Å². The third-order valence-corrected chi connectivity index (χ3v) is 5.03. The maximum Gasteiger partial charge on any atom is 0.325 e. The van der Waals surface area contributed by atoms with Crippen LogP contribution in [0.3, 0.4) is 0 Å². The Morgan fingerprint density at radius 2 is 2.09 bits per heavy atom. The van der Waals surface area contributed by atoms with E-state index < -0.39 is 23.0 Å². The van der Waals surface area contributed by atoms with Gasteiger partial charge in [0, 0.05) is 0 Å². The van der Waals surface area contributed by atoms with Crippen LogP contribution in [0.15, 0.2) is 0 Å². The normalized spacial score (nSPS) is 25.7. The van der Waals surface area contributed by atoms with Gasteiger partial charge in [0.05, 0.1) is 6.07 Å². The molecule has 0 aromatic carbocycles. The molecule has 1 heterocycles. The molecule has 3 aliphatic rings. The highest BCUT2D eigenvalue weighted by molar-refractivity contribution is 6.09. The zero-order valence-corrected chi connectivity index (χ0v) is 12.6. The van der Waals surface area contributed by atoms with Gasteiger partial charge in [0.25, 0.3) is 5.91 Å². The van der Waals surface area contributed by atoms with Crippen molar-refractivity contribution in [2.75, 3.05) is 6.54 Å². The number of nitriles is 1. The first-order valence-electron chi connectivity index (χ1n) is 7.77. The van der Waals surface area contributed by atoms with Crippen LogP contribution in [0.2, 0.25) is 0 Å². The largest absolute Gasteiger partial charge is 0.336 e. The molecule has 3 fully saturated rings. The van der Waals surface area contributed by atoms with Crippen molar-refractivity contribution in [3.8, 4) is 6.07 Å². The van der Waals surface area contributed by atoms with E-state index in [1.807, 2.05) is 0 Å². The van der Waals surface area contributed by atoms with Gasteiger partial charge in [-0.25, -0.2) is 4.79 Å². The van der Waals surface area contributed by atoms with Crippen molar-refractivity contribution in [2.45, 2.75) is 56.5 Å². The van der Waals surface area contributed by atoms with Gasteiger partial charge in [-0.15, -0.1) is 0 Å². The molecule has 7 heteroatoms. The Morgan fingerprint density at radius 3 is 2.64 bits per heavy atom. The Bertz CT molecular complexity index is 572. The minimum atomic E-state index is -0.915. The van der Waals surface area contributed by atoms with E-state index in [1.165, 1.54) is 0 Å². The fourth-order valence-electron chi connectivity index (χ4n) is 3.49. The summed E-state index contributed by atoms with van der Waals surface area (Å²) in [7, 11) is 0. The summed E-state index contributed by atoms with van der Waals surface area (Å²) in [6.45, 7) is 1.36. The Labute approximate surface area is 129 Å². The average Bonchev–Trinajstić information content (AvgIpc) is 3.20. The van der Waals surface area contributed by atoms with Crippen LogP contribution < -0.4 is 10.6 Å². The molecule has 1 saturated heterocycles. The zero-order chi connectivity index (χ0) is 16.0. The molecule has 2 N–H and O–H groups in total. The molecule has 1 aliphatic heterocycles. The molecule has 0 aromatic rings. The van der Waals surface area contributed by atoms with Gasteiger partial charge in [0.15, 0.2) is 0 Å². The van der Waals surface area contributed by atoms with Crippen molar-refractivity contribution in [1.82, 2.24) is 15.5 Å². The van der Waals surface area contributed by atoms with Crippen LogP contribution >= 0.6 is 0 Å². The van der Waals surface area contributed by atoms with E-state index in [4.69, 9.17) is 0 Å². The first-order valence-corrected chi connectivity index (χ1v) is 7.77. The van der Waals surface area contributed by atoms with E-state index in [9.17, 15) is 19.6 Å². The molecule has 0 radical (unpaired) electrons. The second-order valence-electron chi connectivity index (χ2n) is 6.75. The van der Waals surface area contributed by atoms with Gasteiger partial charge in [-0.3, -0.25) is 14.5 Å². The van der Waals surface area contributed by atoms with E-state index >= 15 is 0 Å². The van der Waals surface area contributed by atoms with Crippen molar-refractivity contribution >= 4 is 17.8 Å². The first kappa shape index (κ1) is 14.8. The van der Waals surface area contributed by atoms with E-state index in [2.05, 4.69) is 16.7 Å². The summed E-state index contributed by atoms with van der Waals surface area (Å²) in [5.41, 5.74) is -1.71. The molecule has 4 amide bonds. The quantitative estimate of drug-likeness (QED) is 0.745. The number of carbonyl (C=O) groups excluding carboxylic acids is 3. The summed E-state index contributed by atoms with van der Waals surface area (Å²) in [6, 6.07) is 1.62. The molecule has 0 aromatic heterocycles. The Hall–Kier alpha value is -2.10. The maximum atomic E-state index is 12.5. The van der Waals surface area contributed by atoms with E-state index in [0.29, 0.717) is 12.8 Å². The van der Waals surface area contributed by atoms with Crippen molar-refractivity contribution < 1.29 is 14.4 Å². The number of hydrogen-bond donors (Lipinski definition) is 2. The summed E-state index contributed by atoms with van der Waals surface area (Å²) >= 11 is 0. The minimum Gasteiger partial charge on any atom is -0.336 e. The molecule has 1 spiro atoms. The second kappa shape index (κ2) is 4.97. The molecule has 3 rings (SSSR count). The Morgan fingerprint density at radius 1 is 1.45 bits per heavy atom. The lowest BCUT2D eigenvalue weighted by Gasteiger charge is -2.24. The summed E-state index contributed by atoms with van der Waals surface area (Å²) in [4.78, 5) is 37.6. The molecule has 118 valence electrons. The molecule has 0 unspecified atom stereocenters. The molecule has 2 aliphatic carbocycles. The van der Waals surface area contributed by atoms with E-state index in [0.717, 1.165) is 30.6 Å². The topological polar surface area (TPSA) is 102 Å². The van der Waals surface area contributed by atoms with Gasteiger partial charge >= 0.3 is 6.03 Å². The average molecular weight is 304 g/mol. The van der Waals surface area contributed by atoms with Crippen molar-refractivity contribution in [2.24, 2.45) is 5.92 Å². The van der Waals surface area contributed by atoms with Gasteiger partial charge in [-0.1, -0.05) is 12.8 Å². The Kier molecular flexibility index (Phi) is 3.35. The zero-order valence-electron chi connectivity index (χ0n) is 12.6. The van der Waals surface area contributed by atoms with Crippen molar-refractivity contribution in [1.29, 1.82) is 5.26 Å². The number of carbonyl (C=O) groups is 3. The third kappa shape index (κ3) is 2.32.